The quantitative estimate of drug-likeness (QED) is 0.776. The molecule has 2 N–H and O–H groups in total. The van der Waals surface area contributed by atoms with Crippen LogP contribution in [0.5, 0.6) is 0 Å². The van der Waals surface area contributed by atoms with E-state index in [0.29, 0.717) is 24.0 Å². The number of carbonyl (C=O) groups is 1. The molecule has 16 heavy (non-hydrogen) atoms. The number of nitrogens with zero attached hydrogens (tertiary/aromatic N) is 1. The third kappa shape index (κ3) is 3.01. The normalized spacial score (nSPS) is 10.6. The molecule has 0 aliphatic heterocycles. The number of hydrogen-bond acceptors (Lipinski definition) is 3. The van der Waals surface area contributed by atoms with Gasteiger partial charge in [-0.3, -0.25) is 4.79 Å². The van der Waals surface area contributed by atoms with Gasteiger partial charge in [-0.1, -0.05) is 0 Å². The van der Waals surface area contributed by atoms with Crippen LogP contribution in [0.15, 0.2) is 24.3 Å². The molecule has 0 unspecified atom stereocenters. The summed E-state index contributed by atoms with van der Waals surface area (Å²) in [4.78, 5) is 31.6. The van der Waals surface area contributed by atoms with Gasteiger partial charge in [-0.15, -0.1) is 0 Å². The lowest BCUT2D eigenvalue weighted by molar-refractivity contribution is 0.0773. The molecule has 88 valence electrons. The number of amides is 1. The Hall–Kier alpha value is -0.960. The standard InChI is InChI=1S/C11H16NO3P/c1-3-12(4-2)11(13)9-5-7-10(8-6-9)16(14)15/h5-8,14-15H,3-4H2,1-2H3. The third-order valence-corrected chi connectivity index (χ3v) is 3.16. The fourth-order valence-corrected chi connectivity index (χ4v) is 1.85. The Kier molecular flexibility index (Phi) is 4.87. The first-order valence-electron chi connectivity index (χ1n) is 5.17. The molecule has 0 saturated carbocycles. The van der Waals surface area contributed by atoms with Crippen LogP contribution in [0, 0.1) is 0 Å². The van der Waals surface area contributed by atoms with Gasteiger partial charge in [-0.25, -0.2) is 0 Å². The predicted molar refractivity (Wildman–Crippen MR) is 64.7 cm³/mol. The Morgan fingerprint density at radius 3 is 2.06 bits per heavy atom. The maximum absolute atomic E-state index is 11.9. The van der Waals surface area contributed by atoms with E-state index in [1.807, 2.05) is 13.8 Å². The molecule has 5 heteroatoms. The lowest BCUT2D eigenvalue weighted by Crippen LogP contribution is -2.30. The third-order valence-electron chi connectivity index (χ3n) is 2.40. The van der Waals surface area contributed by atoms with Crippen molar-refractivity contribution in [1.29, 1.82) is 0 Å². The van der Waals surface area contributed by atoms with Gasteiger partial charge in [-0.2, -0.15) is 0 Å². The molecule has 4 nitrogen and oxygen atoms in total. The minimum atomic E-state index is -2.07. The number of benzene rings is 1. The van der Waals surface area contributed by atoms with Crippen molar-refractivity contribution in [1.82, 2.24) is 4.90 Å². The Morgan fingerprint density at radius 1 is 1.19 bits per heavy atom. The highest BCUT2D eigenvalue weighted by atomic mass is 31.2. The molecule has 0 saturated heterocycles. The zero-order valence-corrected chi connectivity index (χ0v) is 10.3. The highest BCUT2D eigenvalue weighted by molar-refractivity contribution is 7.54. The lowest BCUT2D eigenvalue weighted by Gasteiger charge is -2.18. The van der Waals surface area contributed by atoms with Crippen LogP contribution < -0.4 is 5.30 Å². The molecule has 0 radical (unpaired) electrons. The average molecular weight is 241 g/mol. The Balaban J connectivity index is 2.85. The van der Waals surface area contributed by atoms with Crippen molar-refractivity contribution in [2.45, 2.75) is 13.8 Å². The van der Waals surface area contributed by atoms with Crippen LogP contribution in [0.4, 0.5) is 0 Å². The highest BCUT2D eigenvalue weighted by Crippen LogP contribution is 2.21. The first-order chi connectivity index (χ1) is 7.60. The predicted octanol–water partition coefficient (Wildman–Crippen LogP) is 1.09. The Labute approximate surface area is 96.4 Å². The number of carbonyl (C=O) groups excluding carboxylic acids is 1. The van der Waals surface area contributed by atoms with E-state index >= 15 is 0 Å². The van der Waals surface area contributed by atoms with Gasteiger partial charge in [-0.05, 0) is 38.1 Å². The van der Waals surface area contributed by atoms with E-state index in [0.717, 1.165) is 0 Å². The van der Waals surface area contributed by atoms with E-state index in [1.165, 1.54) is 0 Å². The highest BCUT2D eigenvalue weighted by Gasteiger charge is 2.12. The van der Waals surface area contributed by atoms with Crippen LogP contribution in [0.2, 0.25) is 0 Å². The van der Waals surface area contributed by atoms with Gasteiger partial charge in [0.1, 0.15) is 0 Å². The van der Waals surface area contributed by atoms with Crippen LogP contribution in [0.3, 0.4) is 0 Å². The van der Waals surface area contributed by atoms with Crippen LogP contribution in [-0.4, -0.2) is 33.7 Å². The van der Waals surface area contributed by atoms with Crippen molar-refractivity contribution in [3.63, 3.8) is 0 Å². The fourth-order valence-electron chi connectivity index (χ4n) is 1.43. The van der Waals surface area contributed by atoms with Crippen molar-refractivity contribution in [3.05, 3.63) is 29.8 Å². The summed E-state index contributed by atoms with van der Waals surface area (Å²) < 4.78 is 0. The molecule has 0 aromatic heterocycles. The summed E-state index contributed by atoms with van der Waals surface area (Å²) in [6.45, 7) is 5.19. The molecular weight excluding hydrogens is 225 g/mol. The molecule has 0 bridgehead atoms. The average Bonchev–Trinajstić information content (AvgIpc) is 2.30. The molecule has 0 atom stereocenters. The van der Waals surface area contributed by atoms with Crippen LogP contribution in [-0.2, 0) is 0 Å². The molecule has 0 aliphatic rings. The molecule has 0 spiro atoms. The van der Waals surface area contributed by atoms with Gasteiger partial charge in [0.15, 0.2) is 8.38 Å². The van der Waals surface area contributed by atoms with Gasteiger partial charge >= 0.3 is 0 Å². The van der Waals surface area contributed by atoms with Crippen molar-refractivity contribution in [2.75, 3.05) is 13.1 Å². The van der Waals surface area contributed by atoms with Crippen molar-refractivity contribution >= 4 is 19.6 Å². The molecule has 0 aliphatic carbocycles. The fraction of sp³-hybridized carbons (Fsp3) is 0.364. The van der Waals surface area contributed by atoms with Crippen LogP contribution in [0.1, 0.15) is 24.2 Å². The smallest absolute Gasteiger partial charge is 0.253 e. The second kappa shape index (κ2) is 5.94. The lowest BCUT2D eigenvalue weighted by atomic mass is 10.2. The summed E-state index contributed by atoms with van der Waals surface area (Å²) in [5.74, 6) is -0.0308. The summed E-state index contributed by atoms with van der Waals surface area (Å²) in [6.07, 6.45) is 0. The van der Waals surface area contributed by atoms with Gasteiger partial charge in [0.2, 0.25) is 0 Å². The summed E-state index contributed by atoms with van der Waals surface area (Å²) in [6, 6.07) is 6.39. The minimum absolute atomic E-state index is 0.0308. The van der Waals surface area contributed by atoms with Crippen LogP contribution >= 0.6 is 8.38 Å². The first-order valence-corrected chi connectivity index (χ1v) is 6.42. The summed E-state index contributed by atoms with van der Waals surface area (Å²) >= 11 is 0. The second-order valence-corrected chi connectivity index (χ2v) is 4.41. The van der Waals surface area contributed by atoms with E-state index in [4.69, 9.17) is 9.79 Å². The maximum atomic E-state index is 11.9. The van der Waals surface area contributed by atoms with Gasteiger partial charge in [0.05, 0.1) is 0 Å². The van der Waals surface area contributed by atoms with E-state index in [9.17, 15) is 4.79 Å². The van der Waals surface area contributed by atoms with Crippen molar-refractivity contribution in [2.24, 2.45) is 0 Å². The van der Waals surface area contributed by atoms with Gasteiger partial charge in [0.25, 0.3) is 5.91 Å². The zero-order chi connectivity index (χ0) is 12.1. The molecule has 0 heterocycles. The molecule has 1 aromatic rings. The molecule has 0 fully saturated rings. The Bertz CT molecular complexity index is 347. The van der Waals surface area contributed by atoms with Crippen molar-refractivity contribution < 1.29 is 14.6 Å². The zero-order valence-electron chi connectivity index (χ0n) is 9.42. The Morgan fingerprint density at radius 2 is 1.69 bits per heavy atom. The first kappa shape index (κ1) is 13.1. The minimum Gasteiger partial charge on any atom is -0.347 e. The summed E-state index contributed by atoms with van der Waals surface area (Å²) in [7, 11) is -2.07. The largest absolute Gasteiger partial charge is 0.347 e. The van der Waals surface area contributed by atoms with E-state index < -0.39 is 8.38 Å². The monoisotopic (exact) mass is 241 g/mol. The number of hydrogen-bond donors (Lipinski definition) is 2. The molecule has 1 rings (SSSR count). The van der Waals surface area contributed by atoms with E-state index in [2.05, 4.69) is 0 Å². The van der Waals surface area contributed by atoms with Crippen molar-refractivity contribution in [3.8, 4) is 0 Å². The maximum Gasteiger partial charge on any atom is 0.253 e. The second-order valence-electron chi connectivity index (χ2n) is 3.31. The molecular formula is C11H16NO3P. The molecule has 1 aromatic carbocycles. The summed E-state index contributed by atoms with van der Waals surface area (Å²) in [5.41, 5.74) is 0.573. The SMILES string of the molecule is CCN(CC)C(=O)c1ccc(P(O)O)cc1. The van der Waals surface area contributed by atoms with Gasteiger partial charge < -0.3 is 14.7 Å². The van der Waals surface area contributed by atoms with E-state index in [1.54, 1.807) is 29.2 Å². The van der Waals surface area contributed by atoms with E-state index in [-0.39, 0.29) is 5.91 Å². The van der Waals surface area contributed by atoms with Gasteiger partial charge in [0, 0.05) is 24.0 Å². The van der Waals surface area contributed by atoms with Crippen LogP contribution in [0.25, 0.3) is 0 Å². The topological polar surface area (TPSA) is 60.8 Å². The molecule has 1 amide bonds. The summed E-state index contributed by atoms with van der Waals surface area (Å²) in [5, 5.41) is 0.450. The number of rotatable bonds is 4.